The normalized spacial score (nSPS) is 13.4. The number of aromatic nitrogens is 2. The quantitative estimate of drug-likeness (QED) is 0.624. The topological polar surface area (TPSA) is 95.2 Å². The predicted octanol–water partition coefficient (Wildman–Crippen LogP) is 3.65. The minimum absolute atomic E-state index is 0.00907. The van der Waals surface area contributed by atoms with Crippen LogP contribution in [0.5, 0.6) is 0 Å². The number of amides is 2. The van der Waals surface area contributed by atoms with Gasteiger partial charge in [0.2, 0.25) is 5.91 Å². The van der Waals surface area contributed by atoms with Gasteiger partial charge in [-0.05, 0) is 50.1 Å². The average molecular weight is 431 g/mol. The van der Waals surface area contributed by atoms with Gasteiger partial charge in [0.15, 0.2) is 0 Å². The van der Waals surface area contributed by atoms with Gasteiger partial charge in [-0.3, -0.25) is 14.4 Å². The second-order valence-electron chi connectivity index (χ2n) is 6.92. The number of anilines is 1. The number of aromatic amines is 1. The molecule has 1 saturated carbocycles. The van der Waals surface area contributed by atoms with Gasteiger partial charge in [0.05, 0.1) is 27.3 Å². The molecular weight excluding hydrogens is 412 g/mol. The first-order valence-corrected chi connectivity index (χ1v) is 10.5. The highest BCUT2D eigenvalue weighted by molar-refractivity contribution is 7.18. The van der Waals surface area contributed by atoms with Gasteiger partial charge in [-0.15, -0.1) is 11.3 Å². The first-order valence-electron chi connectivity index (χ1n) is 9.33. The molecule has 2 amide bonds. The van der Waals surface area contributed by atoms with Crippen molar-refractivity contribution in [3.63, 3.8) is 0 Å². The molecule has 3 aromatic rings. The summed E-state index contributed by atoms with van der Waals surface area (Å²) in [5.74, 6) is 0.319. The summed E-state index contributed by atoms with van der Waals surface area (Å²) >= 11 is 7.25. The summed E-state index contributed by atoms with van der Waals surface area (Å²) in [6, 6.07) is 8.33. The number of carbonyl (C=O) groups excluding carboxylic acids is 2. The average Bonchev–Trinajstić information content (AvgIpc) is 3.45. The fourth-order valence-corrected chi connectivity index (χ4v) is 4.03. The second kappa shape index (κ2) is 7.96. The molecule has 0 radical (unpaired) electrons. The number of hydrogen-bond acceptors (Lipinski definition) is 5. The van der Waals surface area contributed by atoms with Crippen LogP contribution in [0.2, 0.25) is 5.02 Å². The van der Waals surface area contributed by atoms with E-state index in [1.807, 2.05) is 6.92 Å². The largest absolute Gasteiger partial charge is 0.331 e. The van der Waals surface area contributed by atoms with Crippen LogP contribution >= 0.6 is 22.9 Å². The molecular formula is C20H19ClN4O3S. The van der Waals surface area contributed by atoms with Crippen molar-refractivity contribution in [1.29, 1.82) is 0 Å². The molecule has 1 aromatic carbocycles. The third-order valence-corrected chi connectivity index (χ3v) is 5.96. The molecule has 0 aliphatic heterocycles. The van der Waals surface area contributed by atoms with E-state index in [2.05, 4.69) is 15.3 Å². The van der Waals surface area contributed by atoms with E-state index >= 15 is 0 Å². The fourth-order valence-electron chi connectivity index (χ4n) is 2.99. The van der Waals surface area contributed by atoms with Crippen LogP contribution in [0.15, 0.2) is 35.1 Å². The molecule has 0 unspecified atom stereocenters. The Balaban J connectivity index is 1.52. The molecule has 2 aromatic heterocycles. The molecule has 29 heavy (non-hydrogen) atoms. The molecule has 0 spiro atoms. The Kier molecular flexibility index (Phi) is 5.38. The molecule has 2 heterocycles. The van der Waals surface area contributed by atoms with Gasteiger partial charge >= 0.3 is 0 Å². The molecule has 4 rings (SSSR count). The molecule has 1 aliphatic carbocycles. The lowest BCUT2D eigenvalue weighted by atomic mass is 10.2. The van der Waals surface area contributed by atoms with E-state index in [-0.39, 0.29) is 29.8 Å². The van der Waals surface area contributed by atoms with E-state index in [0.717, 1.165) is 12.8 Å². The number of halogens is 1. The highest BCUT2D eigenvalue weighted by Crippen LogP contribution is 2.32. The standard InChI is InChI=1S/C20H19ClN4O3S/c1-2-25(10-16-22-14-9-12(21)5-6-13(14)19(27)23-16)20(28)15-7-8-17(29-15)24-18(26)11-3-4-11/h5-9,11H,2-4,10H2,1H3,(H,24,26)(H,22,23,27). The Bertz CT molecular complexity index is 1150. The summed E-state index contributed by atoms with van der Waals surface area (Å²) < 4.78 is 0. The van der Waals surface area contributed by atoms with E-state index in [4.69, 9.17) is 11.6 Å². The SMILES string of the molecule is CCN(Cc1nc2cc(Cl)ccc2c(=O)[nH]1)C(=O)c1ccc(NC(=O)C2CC2)s1. The van der Waals surface area contributed by atoms with Crippen molar-refractivity contribution in [2.75, 3.05) is 11.9 Å². The molecule has 0 atom stereocenters. The van der Waals surface area contributed by atoms with Crippen molar-refractivity contribution >= 4 is 50.7 Å². The summed E-state index contributed by atoms with van der Waals surface area (Å²) in [5.41, 5.74) is 0.215. The van der Waals surface area contributed by atoms with Crippen molar-refractivity contribution < 1.29 is 9.59 Å². The number of nitrogens with one attached hydrogen (secondary N) is 2. The summed E-state index contributed by atoms with van der Waals surface area (Å²) in [6.07, 6.45) is 1.85. The molecule has 1 aliphatic rings. The summed E-state index contributed by atoms with van der Waals surface area (Å²) in [5, 5.41) is 4.45. The van der Waals surface area contributed by atoms with Crippen LogP contribution in [-0.2, 0) is 11.3 Å². The van der Waals surface area contributed by atoms with E-state index in [1.54, 1.807) is 35.2 Å². The Labute approximate surface area is 175 Å². The zero-order chi connectivity index (χ0) is 20.5. The number of thiophene rings is 1. The number of benzene rings is 1. The van der Waals surface area contributed by atoms with Crippen molar-refractivity contribution in [3.8, 4) is 0 Å². The molecule has 150 valence electrons. The Morgan fingerprint density at radius 3 is 2.83 bits per heavy atom. The third kappa shape index (κ3) is 4.33. The van der Waals surface area contributed by atoms with Crippen LogP contribution in [0.3, 0.4) is 0 Å². The van der Waals surface area contributed by atoms with Crippen molar-refractivity contribution in [2.24, 2.45) is 5.92 Å². The fraction of sp³-hybridized carbons (Fsp3) is 0.300. The van der Waals surface area contributed by atoms with Crippen LogP contribution in [0.25, 0.3) is 10.9 Å². The first kappa shape index (κ1) is 19.6. The van der Waals surface area contributed by atoms with Gasteiger partial charge in [0, 0.05) is 17.5 Å². The molecule has 1 fully saturated rings. The molecule has 2 N–H and O–H groups in total. The van der Waals surface area contributed by atoms with Crippen molar-refractivity contribution in [1.82, 2.24) is 14.9 Å². The van der Waals surface area contributed by atoms with Gasteiger partial charge in [-0.2, -0.15) is 0 Å². The zero-order valence-electron chi connectivity index (χ0n) is 15.7. The van der Waals surface area contributed by atoms with Gasteiger partial charge in [0.1, 0.15) is 5.82 Å². The van der Waals surface area contributed by atoms with Gasteiger partial charge in [-0.25, -0.2) is 4.98 Å². The van der Waals surface area contributed by atoms with Crippen molar-refractivity contribution in [2.45, 2.75) is 26.3 Å². The van der Waals surface area contributed by atoms with E-state index in [1.165, 1.54) is 11.3 Å². The van der Waals surface area contributed by atoms with Gasteiger partial charge in [0.25, 0.3) is 11.5 Å². The maximum Gasteiger partial charge on any atom is 0.264 e. The maximum atomic E-state index is 12.9. The van der Waals surface area contributed by atoms with Gasteiger partial charge < -0.3 is 15.2 Å². The smallest absolute Gasteiger partial charge is 0.264 e. The number of carbonyl (C=O) groups is 2. The Hall–Kier alpha value is -2.71. The van der Waals surface area contributed by atoms with Gasteiger partial charge in [-0.1, -0.05) is 11.6 Å². The summed E-state index contributed by atoms with van der Waals surface area (Å²) in [6.45, 7) is 2.46. The highest BCUT2D eigenvalue weighted by Gasteiger charge is 2.30. The minimum atomic E-state index is -0.272. The van der Waals surface area contributed by atoms with E-state index in [0.29, 0.717) is 38.2 Å². The summed E-state index contributed by atoms with van der Waals surface area (Å²) in [4.78, 5) is 46.4. The van der Waals surface area contributed by atoms with Crippen molar-refractivity contribution in [3.05, 3.63) is 56.4 Å². The lowest BCUT2D eigenvalue weighted by molar-refractivity contribution is -0.117. The number of nitrogens with zero attached hydrogens (tertiary/aromatic N) is 2. The second-order valence-corrected chi connectivity index (χ2v) is 8.44. The number of hydrogen-bond donors (Lipinski definition) is 2. The zero-order valence-corrected chi connectivity index (χ0v) is 17.3. The minimum Gasteiger partial charge on any atom is -0.331 e. The van der Waals surface area contributed by atoms with Crippen LogP contribution in [0.4, 0.5) is 5.00 Å². The third-order valence-electron chi connectivity index (χ3n) is 4.74. The molecule has 0 saturated heterocycles. The monoisotopic (exact) mass is 430 g/mol. The van der Waals surface area contributed by atoms with Crippen LogP contribution in [-0.4, -0.2) is 33.2 Å². The number of H-pyrrole nitrogens is 1. The van der Waals surface area contributed by atoms with E-state index < -0.39 is 0 Å². The van der Waals surface area contributed by atoms with Crippen LogP contribution < -0.4 is 10.9 Å². The molecule has 0 bridgehead atoms. The Morgan fingerprint density at radius 1 is 1.31 bits per heavy atom. The lowest BCUT2D eigenvalue weighted by Crippen LogP contribution is -2.31. The first-order chi connectivity index (χ1) is 13.9. The van der Waals surface area contributed by atoms with Crippen LogP contribution in [0.1, 0.15) is 35.3 Å². The maximum absolute atomic E-state index is 12.9. The summed E-state index contributed by atoms with van der Waals surface area (Å²) in [7, 11) is 0. The Morgan fingerprint density at radius 2 is 2.10 bits per heavy atom. The lowest BCUT2D eigenvalue weighted by Gasteiger charge is -2.19. The molecule has 9 heteroatoms. The number of rotatable bonds is 6. The number of fused-ring (bicyclic) bond motifs is 1. The highest BCUT2D eigenvalue weighted by atomic mass is 35.5. The molecule has 7 nitrogen and oxygen atoms in total. The predicted molar refractivity (Wildman–Crippen MR) is 113 cm³/mol. The van der Waals surface area contributed by atoms with Crippen LogP contribution in [0, 0.1) is 5.92 Å². The van der Waals surface area contributed by atoms with E-state index in [9.17, 15) is 14.4 Å².